The van der Waals surface area contributed by atoms with Gasteiger partial charge in [-0.15, -0.1) is 15.1 Å². The molecular formula is C17H13Cl2N7O5S2. The number of hydrogen-bond donors (Lipinski definition) is 3. The van der Waals surface area contributed by atoms with Gasteiger partial charge in [-0.25, -0.2) is 9.78 Å². The Morgan fingerprint density at radius 1 is 1.36 bits per heavy atom. The number of β-lactam (4-membered cyclic amide) rings is 1. The fraction of sp³-hybridized carbons (Fsp3) is 0.294. The summed E-state index contributed by atoms with van der Waals surface area (Å²) >= 11 is 13.6. The molecule has 0 aliphatic carbocycles. The van der Waals surface area contributed by atoms with E-state index in [0.717, 1.165) is 28.0 Å². The summed E-state index contributed by atoms with van der Waals surface area (Å²) in [5, 5.41) is 23.3. The van der Waals surface area contributed by atoms with Crippen molar-refractivity contribution in [2.45, 2.75) is 36.0 Å². The second-order valence-electron chi connectivity index (χ2n) is 6.89. The number of nitroso groups, excluding NO2 is 1. The van der Waals surface area contributed by atoms with Gasteiger partial charge in [0.15, 0.2) is 10.3 Å². The number of fused-ring (bicyclic) bond motifs is 1. The molecule has 2 aliphatic rings. The van der Waals surface area contributed by atoms with Crippen LogP contribution < -0.4 is 11.1 Å². The number of carbonyl (C=O) groups excluding carboxylic acids is 2. The van der Waals surface area contributed by atoms with Gasteiger partial charge < -0.3 is 16.2 Å². The molecule has 12 nitrogen and oxygen atoms in total. The highest BCUT2D eigenvalue weighted by Crippen LogP contribution is 2.43. The first-order chi connectivity index (χ1) is 15.7. The highest BCUT2D eigenvalue weighted by molar-refractivity contribution is 8.03. The Labute approximate surface area is 203 Å². The van der Waals surface area contributed by atoms with Gasteiger partial charge in [0.2, 0.25) is 6.04 Å². The molecule has 4 heterocycles. The molecule has 0 aromatic carbocycles. The summed E-state index contributed by atoms with van der Waals surface area (Å²) in [7, 11) is 0. The van der Waals surface area contributed by atoms with E-state index in [4.69, 9.17) is 28.9 Å². The maximum Gasteiger partial charge on any atom is 0.353 e. The number of anilines is 1. The molecule has 2 unspecified atom stereocenters. The summed E-state index contributed by atoms with van der Waals surface area (Å²) < 4.78 is 0.0366. The van der Waals surface area contributed by atoms with Crippen molar-refractivity contribution in [2.24, 2.45) is 5.18 Å². The van der Waals surface area contributed by atoms with Crippen molar-refractivity contribution in [3.63, 3.8) is 0 Å². The van der Waals surface area contributed by atoms with Gasteiger partial charge >= 0.3 is 5.97 Å². The molecule has 0 saturated carbocycles. The van der Waals surface area contributed by atoms with Crippen LogP contribution >= 0.6 is 46.3 Å². The van der Waals surface area contributed by atoms with Crippen LogP contribution in [0.5, 0.6) is 0 Å². The van der Waals surface area contributed by atoms with E-state index in [1.807, 2.05) is 0 Å². The lowest BCUT2D eigenvalue weighted by atomic mass is 9.86. The molecule has 2 aromatic heterocycles. The predicted molar refractivity (Wildman–Crippen MR) is 119 cm³/mol. The molecule has 2 amide bonds. The van der Waals surface area contributed by atoms with Gasteiger partial charge in [0, 0.05) is 4.91 Å². The van der Waals surface area contributed by atoms with Crippen LogP contribution in [-0.2, 0) is 14.4 Å². The summed E-state index contributed by atoms with van der Waals surface area (Å²) in [6.45, 7) is 0. The topological polar surface area (TPSA) is 181 Å². The lowest BCUT2D eigenvalue weighted by molar-refractivity contribution is -0.156. The zero-order valence-electron chi connectivity index (χ0n) is 16.3. The molecule has 2 aromatic rings. The summed E-state index contributed by atoms with van der Waals surface area (Å²) in [4.78, 5) is 54.1. The Morgan fingerprint density at radius 3 is 2.70 bits per heavy atom. The summed E-state index contributed by atoms with van der Waals surface area (Å²) in [5.74, 6) is -2.80. The minimum Gasteiger partial charge on any atom is -0.477 e. The molecule has 4 N–H and O–H groups in total. The van der Waals surface area contributed by atoms with E-state index in [9.17, 15) is 24.4 Å². The average molecular weight is 530 g/mol. The fourth-order valence-electron chi connectivity index (χ4n) is 3.56. The molecule has 4 rings (SSSR count). The standard InChI is InChI=1S/C17H13Cl2N7O5S2/c18-7-3-4-8(24-23-7)32-6-2-1-5-9(15(28)26(5)12(6)16(29)30)21-14(27)11(25-31)10-13(19)33-17(20)22-10/h3-5,9,11H,1-2H2,(H2,20,22)(H,21,27)(H,29,30)/t5?,9-,11?/m0/s1. The molecule has 3 atom stereocenters. The maximum absolute atomic E-state index is 12.8. The van der Waals surface area contributed by atoms with Gasteiger partial charge in [0.05, 0.1) is 6.04 Å². The number of thiazole rings is 1. The van der Waals surface area contributed by atoms with Crippen molar-refractivity contribution >= 4 is 69.2 Å². The van der Waals surface area contributed by atoms with Gasteiger partial charge in [0.1, 0.15) is 26.8 Å². The van der Waals surface area contributed by atoms with E-state index in [2.05, 4.69) is 25.7 Å². The molecule has 0 bridgehead atoms. The van der Waals surface area contributed by atoms with Gasteiger partial charge in [-0.1, -0.05) is 46.3 Å². The normalized spacial score (nSPS) is 20.7. The molecule has 1 fully saturated rings. The van der Waals surface area contributed by atoms with E-state index >= 15 is 0 Å². The number of halogens is 2. The third-order valence-corrected chi connectivity index (χ3v) is 7.35. The smallest absolute Gasteiger partial charge is 0.353 e. The van der Waals surface area contributed by atoms with Gasteiger partial charge in [-0.05, 0) is 30.2 Å². The number of carbonyl (C=O) groups is 3. The monoisotopic (exact) mass is 529 g/mol. The number of nitrogen functional groups attached to an aromatic ring is 1. The van der Waals surface area contributed by atoms with Crippen LogP contribution in [0.1, 0.15) is 24.6 Å². The SMILES string of the molecule is Nc1nc(C(N=O)C(=O)N[C@@H]2C(=O)N3C(C(=O)O)=C(Sc4ccc(Cl)nn4)CCC23)c(Cl)s1. The number of hydrogen-bond acceptors (Lipinski definition) is 11. The quantitative estimate of drug-likeness (QED) is 0.355. The molecule has 16 heteroatoms. The van der Waals surface area contributed by atoms with E-state index in [-0.39, 0.29) is 26.0 Å². The van der Waals surface area contributed by atoms with Crippen LogP contribution in [0.3, 0.4) is 0 Å². The number of carboxylic acid groups (broad SMARTS) is 1. The molecule has 33 heavy (non-hydrogen) atoms. The predicted octanol–water partition coefficient (Wildman–Crippen LogP) is 2.21. The zero-order chi connectivity index (χ0) is 23.9. The number of rotatable bonds is 7. The number of aliphatic carboxylic acids is 1. The van der Waals surface area contributed by atoms with Crippen LogP contribution in [0.25, 0.3) is 0 Å². The highest BCUT2D eigenvalue weighted by Gasteiger charge is 2.54. The van der Waals surface area contributed by atoms with Gasteiger partial charge in [0.25, 0.3) is 11.8 Å². The fourth-order valence-corrected chi connectivity index (χ4v) is 5.61. The van der Waals surface area contributed by atoms with E-state index in [1.165, 1.54) is 6.07 Å². The second-order valence-corrected chi connectivity index (χ2v) is 10.0. The minimum absolute atomic E-state index is 0.0366. The maximum atomic E-state index is 12.8. The Kier molecular flexibility index (Phi) is 6.52. The van der Waals surface area contributed by atoms with E-state index in [1.54, 1.807) is 6.07 Å². The van der Waals surface area contributed by atoms with Crippen molar-refractivity contribution in [1.82, 2.24) is 25.4 Å². The highest BCUT2D eigenvalue weighted by atomic mass is 35.5. The molecule has 1 saturated heterocycles. The minimum atomic E-state index is -1.60. The first kappa shape index (κ1) is 23.4. The molecule has 172 valence electrons. The Morgan fingerprint density at radius 2 is 2.12 bits per heavy atom. The largest absolute Gasteiger partial charge is 0.477 e. The number of nitrogens with one attached hydrogen (secondary N) is 1. The van der Waals surface area contributed by atoms with Gasteiger partial charge in [-0.2, -0.15) is 0 Å². The number of nitrogens with zero attached hydrogens (tertiary/aromatic N) is 5. The van der Waals surface area contributed by atoms with Crippen LogP contribution in [0.4, 0.5) is 5.13 Å². The third-order valence-electron chi connectivity index (χ3n) is 4.97. The van der Waals surface area contributed by atoms with E-state index < -0.39 is 35.9 Å². The Hall–Kier alpha value is -2.81. The number of carboxylic acids is 1. The average Bonchev–Trinajstić information content (AvgIpc) is 3.11. The number of allylic oxidation sites excluding steroid dienone is 1. The van der Waals surface area contributed by atoms with Crippen LogP contribution in [0.15, 0.2) is 32.9 Å². The first-order valence-corrected chi connectivity index (χ1v) is 11.6. The number of aromatic nitrogens is 3. The second kappa shape index (κ2) is 9.21. The molecule has 0 radical (unpaired) electrons. The lowest BCUT2D eigenvalue weighted by Gasteiger charge is -2.50. The molecule has 0 spiro atoms. The number of nitrogens with two attached hydrogens (primary N) is 1. The van der Waals surface area contributed by atoms with Crippen molar-refractivity contribution in [2.75, 3.05) is 5.73 Å². The van der Waals surface area contributed by atoms with Crippen molar-refractivity contribution in [3.8, 4) is 0 Å². The van der Waals surface area contributed by atoms with Crippen LogP contribution in [0, 0.1) is 4.91 Å². The Bertz CT molecular complexity index is 1190. The summed E-state index contributed by atoms with van der Waals surface area (Å²) in [6.07, 6.45) is 0.696. The van der Waals surface area contributed by atoms with Crippen molar-refractivity contribution < 1.29 is 19.5 Å². The number of thioether (sulfide) groups is 1. The van der Waals surface area contributed by atoms with Crippen molar-refractivity contribution in [3.05, 3.63) is 42.8 Å². The Balaban J connectivity index is 1.52. The molecular weight excluding hydrogens is 517 g/mol. The van der Waals surface area contributed by atoms with Crippen LogP contribution in [-0.4, -0.2) is 55.1 Å². The van der Waals surface area contributed by atoms with Gasteiger partial charge in [-0.3, -0.25) is 14.5 Å². The third kappa shape index (κ3) is 4.38. The zero-order valence-corrected chi connectivity index (χ0v) is 19.4. The summed E-state index contributed by atoms with van der Waals surface area (Å²) in [5.41, 5.74) is 5.25. The molecule has 2 aliphatic heterocycles. The van der Waals surface area contributed by atoms with Crippen molar-refractivity contribution in [1.29, 1.82) is 0 Å². The number of amides is 2. The first-order valence-electron chi connectivity index (χ1n) is 9.22. The lowest BCUT2D eigenvalue weighted by Crippen LogP contribution is -2.71. The summed E-state index contributed by atoms with van der Waals surface area (Å²) in [6, 6.07) is -0.115. The van der Waals surface area contributed by atoms with Crippen LogP contribution in [0.2, 0.25) is 9.49 Å². The van der Waals surface area contributed by atoms with E-state index in [0.29, 0.717) is 22.8 Å².